The number of carboxylic acid groups (broad SMARTS) is 1. The molecule has 4 heteroatoms. The number of methoxy groups -OCH3 is 1. The largest absolute Gasteiger partial charge is 0.496 e. The van der Waals surface area contributed by atoms with Gasteiger partial charge in [-0.05, 0) is 31.9 Å². The number of hydrogen-bond acceptors (Lipinski definition) is 3. The molecule has 4 nitrogen and oxygen atoms in total. The SMILES string of the molecule is COc1ccccc1CC(C)N[C@H](C)C(=O)O. The van der Waals surface area contributed by atoms with Gasteiger partial charge in [0.15, 0.2) is 0 Å². The van der Waals surface area contributed by atoms with E-state index in [1.807, 2.05) is 31.2 Å². The van der Waals surface area contributed by atoms with Gasteiger partial charge in [0.2, 0.25) is 0 Å². The van der Waals surface area contributed by atoms with Gasteiger partial charge in [-0.3, -0.25) is 4.79 Å². The van der Waals surface area contributed by atoms with E-state index in [9.17, 15) is 4.79 Å². The average molecular weight is 237 g/mol. The second kappa shape index (κ2) is 6.25. The number of ether oxygens (including phenoxy) is 1. The van der Waals surface area contributed by atoms with Crippen molar-refractivity contribution >= 4 is 5.97 Å². The molecule has 0 radical (unpaired) electrons. The lowest BCUT2D eigenvalue weighted by Crippen LogP contribution is -2.40. The number of rotatable bonds is 6. The lowest BCUT2D eigenvalue weighted by atomic mass is 10.1. The van der Waals surface area contributed by atoms with Crippen molar-refractivity contribution in [2.24, 2.45) is 0 Å². The summed E-state index contributed by atoms with van der Waals surface area (Å²) >= 11 is 0. The van der Waals surface area contributed by atoms with E-state index in [2.05, 4.69) is 5.32 Å². The summed E-state index contributed by atoms with van der Waals surface area (Å²) in [5, 5.41) is 11.8. The Morgan fingerprint density at radius 3 is 2.65 bits per heavy atom. The molecule has 0 heterocycles. The molecule has 1 aromatic rings. The average Bonchev–Trinajstić information content (AvgIpc) is 2.29. The molecule has 0 saturated heterocycles. The quantitative estimate of drug-likeness (QED) is 0.790. The van der Waals surface area contributed by atoms with Crippen molar-refractivity contribution in [1.82, 2.24) is 5.32 Å². The summed E-state index contributed by atoms with van der Waals surface area (Å²) in [6.45, 7) is 3.60. The van der Waals surface area contributed by atoms with E-state index in [0.717, 1.165) is 17.7 Å². The second-order valence-electron chi connectivity index (χ2n) is 4.14. The zero-order valence-electron chi connectivity index (χ0n) is 10.4. The van der Waals surface area contributed by atoms with E-state index in [0.29, 0.717) is 0 Å². The number of carbonyl (C=O) groups is 1. The van der Waals surface area contributed by atoms with E-state index < -0.39 is 12.0 Å². The summed E-state index contributed by atoms with van der Waals surface area (Å²) in [7, 11) is 1.64. The number of carboxylic acids is 1. The molecule has 1 aromatic carbocycles. The van der Waals surface area contributed by atoms with Crippen LogP contribution in [-0.4, -0.2) is 30.3 Å². The molecule has 0 aliphatic heterocycles. The van der Waals surface area contributed by atoms with Gasteiger partial charge in [-0.25, -0.2) is 0 Å². The van der Waals surface area contributed by atoms with Crippen LogP contribution in [0, 0.1) is 0 Å². The van der Waals surface area contributed by atoms with Crippen molar-refractivity contribution in [3.05, 3.63) is 29.8 Å². The first-order valence-corrected chi connectivity index (χ1v) is 5.65. The van der Waals surface area contributed by atoms with Gasteiger partial charge in [0.05, 0.1) is 7.11 Å². The zero-order valence-corrected chi connectivity index (χ0v) is 10.4. The van der Waals surface area contributed by atoms with Gasteiger partial charge < -0.3 is 15.2 Å². The van der Waals surface area contributed by atoms with Crippen molar-refractivity contribution in [2.45, 2.75) is 32.4 Å². The minimum Gasteiger partial charge on any atom is -0.496 e. The van der Waals surface area contributed by atoms with Gasteiger partial charge in [-0.15, -0.1) is 0 Å². The maximum atomic E-state index is 10.7. The molecular formula is C13H19NO3. The Morgan fingerprint density at radius 2 is 2.06 bits per heavy atom. The first-order chi connectivity index (χ1) is 8.04. The Morgan fingerprint density at radius 1 is 1.41 bits per heavy atom. The molecule has 17 heavy (non-hydrogen) atoms. The number of nitrogens with one attached hydrogen (secondary N) is 1. The minimum atomic E-state index is -0.836. The van der Waals surface area contributed by atoms with Crippen LogP contribution in [0.2, 0.25) is 0 Å². The second-order valence-corrected chi connectivity index (χ2v) is 4.14. The third kappa shape index (κ3) is 4.07. The van der Waals surface area contributed by atoms with E-state index in [1.54, 1.807) is 14.0 Å². The molecule has 2 atom stereocenters. The van der Waals surface area contributed by atoms with E-state index in [1.165, 1.54) is 0 Å². The van der Waals surface area contributed by atoms with Crippen LogP contribution in [-0.2, 0) is 11.2 Å². The van der Waals surface area contributed by atoms with Crippen LogP contribution < -0.4 is 10.1 Å². The molecule has 0 fully saturated rings. The van der Waals surface area contributed by atoms with Crippen molar-refractivity contribution in [3.63, 3.8) is 0 Å². The van der Waals surface area contributed by atoms with Gasteiger partial charge in [0.1, 0.15) is 11.8 Å². The maximum Gasteiger partial charge on any atom is 0.320 e. The normalized spacial score (nSPS) is 14.1. The molecule has 1 unspecified atom stereocenters. The third-order valence-corrected chi connectivity index (χ3v) is 2.62. The van der Waals surface area contributed by atoms with Crippen LogP contribution in [0.4, 0.5) is 0 Å². The van der Waals surface area contributed by atoms with Crippen LogP contribution in [0.15, 0.2) is 24.3 Å². The fourth-order valence-electron chi connectivity index (χ4n) is 1.76. The summed E-state index contributed by atoms with van der Waals surface area (Å²) in [5.41, 5.74) is 1.08. The molecule has 2 N–H and O–H groups in total. The molecule has 94 valence electrons. The summed E-state index contributed by atoms with van der Waals surface area (Å²) in [4.78, 5) is 10.7. The van der Waals surface area contributed by atoms with Crippen LogP contribution in [0.3, 0.4) is 0 Å². The summed E-state index contributed by atoms with van der Waals surface area (Å²) < 4.78 is 5.25. The van der Waals surface area contributed by atoms with Crippen LogP contribution in [0.5, 0.6) is 5.75 Å². The highest BCUT2D eigenvalue weighted by molar-refractivity contribution is 5.72. The molecule has 0 aromatic heterocycles. The highest BCUT2D eigenvalue weighted by Crippen LogP contribution is 2.18. The summed E-state index contributed by atoms with van der Waals surface area (Å²) in [6, 6.07) is 7.30. The highest BCUT2D eigenvalue weighted by atomic mass is 16.5. The Bertz CT molecular complexity index is 379. The molecule has 0 spiro atoms. The first-order valence-electron chi connectivity index (χ1n) is 5.65. The van der Waals surface area contributed by atoms with Gasteiger partial charge in [0.25, 0.3) is 0 Å². The monoisotopic (exact) mass is 237 g/mol. The number of hydrogen-bond donors (Lipinski definition) is 2. The molecule has 0 saturated carbocycles. The first kappa shape index (κ1) is 13.5. The lowest BCUT2D eigenvalue weighted by molar-refractivity contribution is -0.139. The molecular weight excluding hydrogens is 218 g/mol. The zero-order chi connectivity index (χ0) is 12.8. The molecule has 0 aliphatic rings. The van der Waals surface area contributed by atoms with Gasteiger partial charge in [-0.2, -0.15) is 0 Å². The number of para-hydroxylation sites is 1. The van der Waals surface area contributed by atoms with E-state index in [4.69, 9.17) is 9.84 Å². The topological polar surface area (TPSA) is 58.6 Å². The fourth-order valence-corrected chi connectivity index (χ4v) is 1.76. The number of aliphatic carboxylic acids is 1. The Balaban J connectivity index is 2.61. The predicted molar refractivity (Wildman–Crippen MR) is 66.4 cm³/mol. The summed E-state index contributed by atoms with van der Waals surface area (Å²) in [5.74, 6) is 0.000930. The third-order valence-electron chi connectivity index (χ3n) is 2.62. The smallest absolute Gasteiger partial charge is 0.320 e. The van der Waals surface area contributed by atoms with E-state index in [-0.39, 0.29) is 6.04 Å². The fraction of sp³-hybridized carbons (Fsp3) is 0.462. The van der Waals surface area contributed by atoms with E-state index >= 15 is 0 Å². The van der Waals surface area contributed by atoms with Gasteiger partial charge >= 0.3 is 5.97 Å². The van der Waals surface area contributed by atoms with Crippen molar-refractivity contribution in [2.75, 3.05) is 7.11 Å². The van der Waals surface area contributed by atoms with Crippen molar-refractivity contribution in [1.29, 1.82) is 0 Å². The molecule has 1 rings (SSSR count). The molecule has 0 bridgehead atoms. The molecule has 0 amide bonds. The Kier molecular flexibility index (Phi) is 4.97. The predicted octanol–water partition coefficient (Wildman–Crippen LogP) is 1.69. The van der Waals surface area contributed by atoms with Gasteiger partial charge in [-0.1, -0.05) is 18.2 Å². The van der Waals surface area contributed by atoms with Gasteiger partial charge in [0, 0.05) is 6.04 Å². The summed E-state index contributed by atoms with van der Waals surface area (Å²) in [6.07, 6.45) is 0.738. The molecule has 0 aliphatic carbocycles. The van der Waals surface area contributed by atoms with Crippen molar-refractivity contribution < 1.29 is 14.6 Å². The maximum absolute atomic E-state index is 10.7. The standard InChI is InChI=1S/C13H19NO3/c1-9(14-10(2)13(15)16)8-11-6-4-5-7-12(11)17-3/h4-7,9-10,14H,8H2,1-3H3,(H,15,16)/t9?,10-/m1/s1. The van der Waals surface area contributed by atoms with Crippen LogP contribution >= 0.6 is 0 Å². The number of benzene rings is 1. The van der Waals surface area contributed by atoms with Crippen LogP contribution in [0.1, 0.15) is 19.4 Å². The Labute approximate surface area is 102 Å². The minimum absolute atomic E-state index is 0.0809. The highest BCUT2D eigenvalue weighted by Gasteiger charge is 2.15. The Hall–Kier alpha value is -1.55. The van der Waals surface area contributed by atoms with Crippen molar-refractivity contribution in [3.8, 4) is 5.75 Å². The lowest BCUT2D eigenvalue weighted by Gasteiger charge is -2.18. The van der Waals surface area contributed by atoms with Crippen LogP contribution in [0.25, 0.3) is 0 Å².